The zero-order chi connectivity index (χ0) is 15.4. The molecule has 3 aromatic heterocycles. The van der Waals surface area contributed by atoms with Crippen LogP contribution in [0.25, 0.3) is 5.82 Å². The van der Waals surface area contributed by atoms with Crippen molar-refractivity contribution < 1.29 is 5.11 Å². The summed E-state index contributed by atoms with van der Waals surface area (Å²) in [6, 6.07) is 7.78. The average molecular weight is 315 g/mol. The molecule has 3 rings (SSSR count). The highest BCUT2D eigenvalue weighted by Gasteiger charge is 2.10. The third-order valence-corrected chi connectivity index (χ3v) is 3.97. The van der Waals surface area contributed by atoms with Crippen molar-refractivity contribution >= 4 is 17.2 Å². The normalized spacial score (nSPS) is 10.8. The summed E-state index contributed by atoms with van der Waals surface area (Å²) in [7, 11) is 0. The number of hydrogen-bond acceptors (Lipinski definition) is 6. The van der Waals surface area contributed by atoms with E-state index < -0.39 is 0 Å². The molecule has 0 aromatic carbocycles. The fraction of sp³-hybridized carbons (Fsp3) is 0.267. The first kappa shape index (κ1) is 14.7. The SMILES string of the molecule is Cc1ccn(-c2ccc(N(CCO)Cc3ccsc3)nn2)n1. The maximum atomic E-state index is 9.26. The van der Waals surface area contributed by atoms with E-state index in [-0.39, 0.29) is 6.61 Å². The Labute approximate surface area is 132 Å². The lowest BCUT2D eigenvalue weighted by atomic mass is 10.3. The minimum absolute atomic E-state index is 0.0753. The standard InChI is InChI=1S/C15H17N5OS/c1-12-4-6-20(18-12)15-3-2-14(16-17-15)19(7-8-21)10-13-5-9-22-11-13/h2-6,9,11,21H,7-8,10H2,1H3. The Morgan fingerprint density at radius 3 is 2.73 bits per heavy atom. The van der Waals surface area contributed by atoms with Crippen molar-refractivity contribution in [1.82, 2.24) is 20.0 Å². The van der Waals surface area contributed by atoms with E-state index in [0.717, 1.165) is 11.5 Å². The quantitative estimate of drug-likeness (QED) is 0.754. The van der Waals surface area contributed by atoms with E-state index in [9.17, 15) is 5.11 Å². The zero-order valence-corrected chi connectivity index (χ0v) is 13.1. The number of hydrogen-bond donors (Lipinski definition) is 1. The van der Waals surface area contributed by atoms with Crippen LogP contribution in [0.1, 0.15) is 11.3 Å². The van der Waals surface area contributed by atoms with Crippen LogP contribution in [-0.4, -0.2) is 38.2 Å². The van der Waals surface area contributed by atoms with E-state index in [2.05, 4.69) is 26.7 Å². The van der Waals surface area contributed by atoms with Crippen molar-refractivity contribution in [2.75, 3.05) is 18.1 Å². The molecular weight excluding hydrogens is 298 g/mol. The van der Waals surface area contributed by atoms with Gasteiger partial charge >= 0.3 is 0 Å². The predicted octanol–water partition coefficient (Wildman–Crippen LogP) is 2.03. The number of aromatic nitrogens is 4. The fourth-order valence-electron chi connectivity index (χ4n) is 2.15. The summed E-state index contributed by atoms with van der Waals surface area (Å²) < 4.78 is 1.70. The smallest absolute Gasteiger partial charge is 0.175 e. The maximum Gasteiger partial charge on any atom is 0.175 e. The molecule has 0 atom stereocenters. The second-order valence-corrected chi connectivity index (χ2v) is 5.71. The third-order valence-electron chi connectivity index (χ3n) is 3.24. The van der Waals surface area contributed by atoms with E-state index in [0.29, 0.717) is 18.9 Å². The molecule has 0 fully saturated rings. The van der Waals surface area contributed by atoms with Crippen LogP contribution in [0.2, 0.25) is 0 Å². The number of nitrogens with zero attached hydrogens (tertiary/aromatic N) is 5. The maximum absolute atomic E-state index is 9.26. The molecular formula is C15H17N5OS. The van der Waals surface area contributed by atoms with Gasteiger partial charge in [-0.25, -0.2) is 4.68 Å². The molecule has 0 radical (unpaired) electrons. The molecule has 1 N–H and O–H groups in total. The van der Waals surface area contributed by atoms with Gasteiger partial charge in [0.15, 0.2) is 11.6 Å². The van der Waals surface area contributed by atoms with Crippen molar-refractivity contribution in [3.63, 3.8) is 0 Å². The summed E-state index contributed by atoms with van der Waals surface area (Å²) in [4.78, 5) is 2.01. The molecule has 0 aliphatic carbocycles. The van der Waals surface area contributed by atoms with Crippen LogP contribution >= 0.6 is 11.3 Å². The minimum Gasteiger partial charge on any atom is -0.395 e. The Kier molecular flexibility index (Phi) is 4.45. The molecule has 22 heavy (non-hydrogen) atoms. The van der Waals surface area contributed by atoms with Gasteiger partial charge in [-0.1, -0.05) is 0 Å². The van der Waals surface area contributed by atoms with Gasteiger partial charge in [-0.3, -0.25) is 0 Å². The van der Waals surface area contributed by atoms with Crippen LogP contribution in [0.5, 0.6) is 0 Å². The summed E-state index contributed by atoms with van der Waals surface area (Å²) >= 11 is 1.66. The number of thiophene rings is 1. The molecule has 0 aliphatic rings. The Hall–Kier alpha value is -2.25. The Morgan fingerprint density at radius 2 is 2.14 bits per heavy atom. The molecule has 6 nitrogen and oxygen atoms in total. The lowest BCUT2D eigenvalue weighted by Crippen LogP contribution is -2.27. The zero-order valence-electron chi connectivity index (χ0n) is 12.3. The van der Waals surface area contributed by atoms with Crippen molar-refractivity contribution in [3.8, 4) is 5.82 Å². The van der Waals surface area contributed by atoms with Crippen LogP contribution in [0, 0.1) is 6.92 Å². The van der Waals surface area contributed by atoms with Crippen molar-refractivity contribution in [3.05, 3.63) is 52.5 Å². The molecule has 7 heteroatoms. The molecule has 0 unspecified atom stereocenters. The first-order valence-electron chi connectivity index (χ1n) is 6.99. The Morgan fingerprint density at radius 1 is 1.23 bits per heavy atom. The van der Waals surface area contributed by atoms with Crippen LogP contribution in [0.3, 0.4) is 0 Å². The van der Waals surface area contributed by atoms with Crippen LogP contribution in [-0.2, 0) is 6.54 Å². The van der Waals surface area contributed by atoms with Gasteiger partial charge in [0.1, 0.15) is 0 Å². The first-order valence-corrected chi connectivity index (χ1v) is 7.94. The topological polar surface area (TPSA) is 67.1 Å². The van der Waals surface area contributed by atoms with E-state index in [1.807, 2.05) is 41.6 Å². The lowest BCUT2D eigenvalue weighted by molar-refractivity contribution is 0.301. The summed E-state index contributed by atoms with van der Waals surface area (Å²) in [5, 5.41) is 26.2. The van der Waals surface area contributed by atoms with Crippen LogP contribution in [0.4, 0.5) is 5.82 Å². The van der Waals surface area contributed by atoms with E-state index in [4.69, 9.17) is 0 Å². The monoisotopic (exact) mass is 315 g/mol. The van der Waals surface area contributed by atoms with Crippen LogP contribution in [0.15, 0.2) is 41.2 Å². The van der Waals surface area contributed by atoms with Gasteiger partial charge in [-0.15, -0.1) is 10.2 Å². The number of aliphatic hydroxyl groups excluding tert-OH is 1. The summed E-state index contributed by atoms with van der Waals surface area (Å²) in [5.74, 6) is 1.42. The van der Waals surface area contributed by atoms with E-state index in [1.165, 1.54) is 5.56 Å². The van der Waals surface area contributed by atoms with Crippen molar-refractivity contribution in [2.45, 2.75) is 13.5 Å². The average Bonchev–Trinajstić information content (AvgIpc) is 3.19. The molecule has 114 valence electrons. The van der Waals surface area contributed by atoms with E-state index in [1.54, 1.807) is 16.0 Å². The van der Waals surface area contributed by atoms with Gasteiger partial charge in [0, 0.05) is 19.3 Å². The Bertz CT molecular complexity index is 708. The van der Waals surface area contributed by atoms with Crippen LogP contribution < -0.4 is 4.90 Å². The molecule has 3 heterocycles. The van der Waals surface area contributed by atoms with Gasteiger partial charge in [0.05, 0.1) is 12.3 Å². The summed E-state index contributed by atoms with van der Waals surface area (Å²) in [6.07, 6.45) is 1.86. The van der Waals surface area contributed by atoms with Gasteiger partial charge in [-0.05, 0) is 47.5 Å². The highest BCUT2D eigenvalue weighted by molar-refractivity contribution is 7.07. The van der Waals surface area contributed by atoms with Crippen molar-refractivity contribution in [2.24, 2.45) is 0 Å². The molecule has 0 aliphatic heterocycles. The number of aliphatic hydroxyl groups is 1. The highest BCUT2D eigenvalue weighted by Crippen LogP contribution is 2.16. The molecule has 0 spiro atoms. The first-order chi connectivity index (χ1) is 10.8. The third kappa shape index (κ3) is 3.32. The molecule has 0 amide bonds. The molecule has 0 bridgehead atoms. The summed E-state index contributed by atoms with van der Waals surface area (Å²) in [6.45, 7) is 3.23. The number of anilines is 1. The predicted molar refractivity (Wildman–Crippen MR) is 86.3 cm³/mol. The largest absolute Gasteiger partial charge is 0.395 e. The molecule has 0 saturated heterocycles. The van der Waals surface area contributed by atoms with Crippen molar-refractivity contribution in [1.29, 1.82) is 0 Å². The van der Waals surface area contributed by atoms with Gasteiger partial charge in [0.2, 0.25) is 0 Å². The second kappa shape index (κ2) is 6.67. The lowest BCUT2D eigenvalue weighted by Gasteiger charge is -2.21. The molecule has 0 saturated carbocycles. The number of aryl methyl sites for hydroxylation is 1. The Balaban J connectivity index is 1.79. The van der Waals surface area contributed by atoms with Gasteiger partial charge < -0.3 is 10.0 Å². The second-order valence-electron chi connectivity index (χ2n) is 4.93. The van der Waals surface area contributed by atoms with Gasteiger partial charge in [0.25, 0.3) is 0 Å². The minimum atomic E-state index is 0.0753. The number of rotatable bonds is 6. The fourth-order valence-corrected chi connectivity index (χ4v) is 2.81. The van der Waals surface area contributed by atoms with E-state index >= 15 is 0 Å². The summed E-state index contributed by atoms with van der Waals surface area (Å²) in [5.41, 5.74) is 2.14. The van der Waals surface area contributed by atoms with Gasteiger partial charge in [-0.2, -0.15) is 16.4 Å². The highest BCUT2D eigenvalue weighted by atomic mass is 32.1. The molecule has 3 aromatic rings.